The van der Waals surface area contributed by atoms with Crippen molar-refractivity contribution in [2.75, 3.05) is 11.9 Å². The van der Waals surface area contributed by atoms with Crippen molar-refractivity contribution < 1.29 is 14.3 Å². The van der Waals surface area contributed by atoms with Crippen molar-refractivity contribution in [3.63, 3.8) is 0 Å². The minimum absolute atomic E-state index is 0.163. The van der Waals surface area contributed by atoms with Crippen LogP contribution in [0.5, 0.6) is 0 Å². The Bertz CT molecular complexity index is 614. The fourth-order valence-corrected chi connectivity index (χ4v) is 2.67. The monoisotopic (exact) mass is 341 g/mol. The number of nitrogens with one attached hydrogen (secondary N) is 1. The summed E-state index contributed by atoms with van der Waals surface area (Å²) in [5.41, 5.74) is 1.14. The lowest BCUT2D eigenvalue weighted by atomic mass is 9.95. The first kappa shape index (κ1) is 16.8. The summed E-state index contributed by atoms with van der Waals surface area (Å²) in [6.45, 7) is 1.46. The minimum Gasteiger partial charge on any atom is -0.455 e. The topological polar surface area (TPSA) is 55.4 Å². The maximum Gasteiger partial charge on any atom is 0.309 e. The molecule has 0 unspecified atom stereocenters. The Hall–Kier alpha value is -1.52. The van der Waals surface area contributed by atoms with Crippen LogP contribution >= 0.6 is 23.2 Å². The van der Waals surface area contributed by atoms with Gasteiger partial charge in [0.05, 0.1) is 21.7 Å². The molecule has 22 heavy (non-hydrogen) atoms. The van der Waals surface area contributed by atoms with E-state index in [2.05, 4.69) is 5.32 Å². The van der Waals surface area contributed by atoms with Crippen molar-refractivity contribution in [3.8, 4) is 0 Å². The first-order valence-corrected chi connectivity index (χ1v) is 7.80. The summed E-state index contributed by atoms with van der Waals surface area (Å²) in [7, 11) is 0. The quantitative estimate of drug-likeness (QED) is 0.661. The van der Waals surface area contributed by atoms with Crippen LogP contribution in [-0.2, 0) is 14.3 Å². The third kappa shape index (κ3) is 4.24. The van der Waals surface area contributed by atoms with E-state index >= 15 is 0 Å². The second kappa shape index (κ2) is 7.65. The molecule has 1 aliphatic rings. The van der Waals surface area contributed by atoms with Gasteiger partial charge in [-0.1, -0.05) is 41.4 Å². The minimum atomic E-state index is -0.464. The van der Waals surface area contributed by atoms with E-state index in [-0.39, 0.29) is 18.5 Å². The van der Waals surface area contributed by atoms with Crippen LogP contribution in [0.2, 0.25) is 10.0 Å². The Balaban J connectivity index is 1.89. The number of amides is 1. The molecule has 0 saturated carbocycles. The summed E-state index contributed by atoms with van der Waals surface area (Å²) in [6.07, 6.45) is 6.28. The van der Waals surface area contributed by atoms with Gasteiger partial charge in [-0.3, -0.25) is 9.59 Å². The molecular formula is C16H17Cl2NO3. The summed E-state index contributed by atoms with van der Waals surface area (Å²) in [5.74, 6) is -0.973. The number of anilines is 1. The van der Waals surface area contributed by atoms with Gasteiger partial charge in [0, 0.05) is 0 Å². The predicted octanol–water partition coefficient (Wildman–Crippen LogP) is 4.14. The molecule has 0 aliphatic heterocycles. The lowest BCUT2D eigenvalue weighted by Gasteiger charge is -2.16. The molecule has 1 N–H and O–H groups in total. The number of hydrogen-bond donors (Lipinski definition) is 1. The molecule has 1 atom stereocenters. The number of aryl methyl sites for hydroxylation is 1. The largest absolute Gasteiger partial charge is 0.455 e. The van der Waals surface area contributed by atoms with Crippen molar-refractivity contribution in [2.24, 2.45) is 5.92 Å². The van der Waals surface area contributed by atoms with Gasteiger partial charge in [0.1, 0.15) is 0 Å². The molecule has 0 aromatic heterocycles. The van der Waals surface area contributed by atoms with Crippen LogP contribution in [0.3, 0.4) is 0 Å². The zero-order chi connectivity index (χ0) is 16.1. The van der Waals surface area contributed by atoms with Crippen molar-refractivity contribution >= 4 is 40.8 Å². The second-order valence-electron chi connectivity index (χ2n) is 5.19. The summed E-state index contributed by atoms with van der Waals surface area (Å²) in [4.78, 5) is 23.8. The molecule has 0 saturated heterocycles. The zero-order valence-corrected chi connectivity index (χ0v) is 13.7. The third-order valence-corrected chi connectivity index (χ3v) is 4.30. The van der Waals surface area contributed by atoms with Crippen LogP contribution < -0.4 is 5.32 Å². The number of rotatable bonds is 4. The number of carbonyl (C=O) groups is 2. The Morgan fingerprint density at radius 1 is 1.32 bits per heavy atom. The fraction of sp³-hybridized carbons (Fsp3) is 0.375. The van der Waals surface area contributed by atoms with E-state index in [0.29, 0.717) is 22.2 Å². The van der Waals surface area contributed by atoms with Crippen LogP contribution in [-0.4, -0.2) is 18.5 Å². The van der Waals surface area contributed by atoms with Crippen LogP contribution in [0.25, 0.3) is 0 Å². The van der Waals surface area contributed by atoms with Crippen molar-refractivity contribution in [1.82, 2.24) is 0 Å². The number of halogens is 2. The molecule has 0 spiro atoms. The highest BCUT2D eigenvalue weighted by Gasteiger charge is 2.21. The van der Waals surface area contributed by atoms with E-state index in [1.54, 1.807) is 12.1 Å². The first-order chi connectivity index (χ1) is 10.5. The lowest BCUT2D eigenvalue weighted by molar-refractivity contribution is -0.151. The fourth-order valence-electron chi connectivity index (χ4n) is 2.21. The van der Waals surface area contributed by atoms with Crippen LogP contribution in [0.15, 0.2) is 24.3 Å². The Labute approximate surface area is 139 Å². The molecule has 1 amide bonds. The van der Waals surface area contributed by atoms with Gasteiger partial charge in [0.15, 0.2) is 6.61 Å². The second-order valence-corrected chi connectivity index (χ2v) is 5.98. The van der Waals surface area contributed by atoms with Gasteiger partial charge in [-0.25, -0.2) is 0 Å². The molecule has 2 rings (SSSR count). The van der Waals surface area contributed by atoms with E-state index in [1.807, 2.05) is 19.1 Å². The Morgan fingerprint density at radius 2 is 2.09 bits per heavy atom. The maximum absolute atomic E-state index is 11.9. The number of esters is 1. The molecule has 0 bridgehead atoms. The normalized spacial score (nSPS) is 17.1. The molecule has 118 valence electrons. The SMILES string of the molecule is Cc1ccc(Cl)c(NC(=O)COC(=O)[C@H]2CC=CCC2)c1Cl. The molecule has 1 aromatic carbocycles. The summed E-state index contributed by atoms with van der Waals surface area (Å²) in [5, 5.41) is 3.30. The van der Waals surface area contributed by atoms with Gasteiger partial charge in [-0.2, -0.15) is 0 Å². The van der Waals surface area contributed by atoms with Gasteiger partial charge in [-0.15, -0.1) is 0 Å². The van der Waals surface area contributed by atoms with E-state index in [1.165, 1.54) is 0 Å². The average molecular weight is 342 g/mol. The number of allylic oxidation sites excluding steroid dienone is 2. The van der Waals surface area contributed by atoms with Gasteiger partial charge in [0.2, 0.25) is 0 Å². The van der Waals surface area contributed by atoms with Crippen molar-refractivity contribution in [1.29, 1.82) is 0 Å². The smallest absolute Gasteiger partial charge is 0.309 e. The summed E-state index contributed by atoms with van der Waals surface area (Å²) in [6, 6.07) is 3.41. The van der Waals surface area contributed by atoms with E-state index in [4.69, 9.17) is 27.9 Å². The maximum atomic E-state index is 11.9. The van der Waals surface area contributed by atoms with E-state index < -0.39 is 5.91 Å². The van der Waals surface area contributed by atoms with Crippen LogP contribution in [0.4, 0.5) is 5.69 Å². The third-order valence-electron chi connectivity index (χ3n) is 3.50. The molecule has 0 radical (unpaired) electrons. The highest BCUT2D eigenvalue weighted by molar-refractivity contribution is 6.40. The van der Waals surface area contributed by atoms with Crippen molar-refractivity contribution in [3.05, 3.63) is 39.9 Å². The lowest BCUT2D eigenvalue weighted by Crippen LogP contribution is -2.25. The number of ether oxygens (including phenoxy) is 1. The van der Waals surface area contributed by atoms with Crippen LogP contribution in [0, 0.1) is 12.8 Å². The van der Waals surface area contributed by atoms with E-state index in [9.17, 15) is 9.59 Å². The Morgan fingerprint density at radius 3 is 2.77 bits per heavy atom. The predicted molar refractivity (Wildman–Crippen MR) is 87.3 cm³/mol. The van der Waals surface area contributed by atoms with E-state index in [0.717, 1.165) is 18.4 Å². The van der Waals surface area contributed by atoms with Crippen molar-refractivity contribution in [2.45, 2.75) is 26.2 Å². The molecule has 4 nitrogen and oxygen atoms in total. The number of hydrogen-bond acceptors (Lipinski definition) is 3. The number of benzene rings is 1. The van der Waals surface area contributed by atoms with Gasteiger partial charge < -0.3 is 10.1 Å². The van der Waals surface area contributed by atoms with Crippen LogP contribution in [0.1, 0.15) is 24.8 Å². The van der Waals surface area contributed by atoms with Gasteiger partial charge >= 0.3 is 5.97 Å². The highest BCUT2D eigenvalue weighted by Crippen LogP contribution is 2.32. The molecule has 1 aliphatic carbocycles. The first-order valence-electron chi connectivity index (χ1n) is 7.05. The standard InChI is InChI=1S/C16H17Cl2NO3/c1-10-7-8-12(17)15(14(10)18)19-13(20)9-22-16(21)11-5-3-2-4-6-11/h2-3,7-8,11H,4-6,9H2,1H3,(H,19,20)/t11-/m0/s1. The molecular weight excluding hydrogens is 325 g/mol. The summed E-state index contributed by atoms with van der Waals surface area (Å²) >= 11 is 12.1. The van der Waals surface area contributed by atoms with Gasteiger partial charge in [0.25, 0.3) is 5.91 Å². The van der Waals surface area contributed by atoms with Gasteiger partial charge in [-0.05, 0) is 37.8 Å². The molecule has 6 heteroatoms. The molecule has 0 fully saturated rings. The highest BCUT2D eigenvalue weighted by atomic mass is 35.5. The molecule has 0 heterocycles. The summed E-state index contributed by atoms with van der Waals surface area (Å²) < 4.78 is 5.05. The number of carbonyl (C=O) groups excluding carboxylic acids is 2. The average Bonchev–Trinajstić information content (AvgIpc) is 2.53. The zero-order valence-electron chi connectivity index (χ0n) is 12.2. The molecule has 1 aromatic rings. The Kier molecular flexibility index (Phi) is 5.86.